The molecule has 4 rings (SSSR count). The topological polar surface area (TPSA) is 68.2 Å². The predicted octanol–water partition coefficient (Wildman–Crippen LogP) is 4.22. The molecule has 2 aromatic carbocycles. The van der Waals surface area contributed by atoms with Gasteiger partial charge in [0.2, 0.25) is 0 Å². The monoisotopic (exact) mass is 425 g/mol. The minimum Gasteiger partial charge on any atom is -0.497 e. The van der Waals surface area contributed by atoms with Crippen molar-refractivity contribution in [1.29, 1.82) is 0 Å². The third-order valence-electron chi connectivity index (χ3n) is 6.92. The van der Waals surface area contributed by atoms with Crippen molar-refractivity contribution in [3.05, 3.63) is 53.6 Å². The molecule has 1 amide bonds. The van der Waals surface area contributed by atoms with Crippen LogP contribution < -0.4 is 14.2 Å². The fourth-order valence-corrected chi connectivity index (χ4v) is 5.34. The van der Waals surface area contributed by atoms with Crippen LogP contribution in [0.25, 0.3) is 0 Å². The molecule has 0 radical (unpaired) electrons. The average Bonchev–Trinajstić information content (AvgIpc) is 2.82. The number of carbonyl (C=O) groups is 1. The van der Waals surface area contributed by atoms with Crippen molar-refractivity contribution in [3.63, 3.8) is 0 Å². The Hall–Kier alpha value is -2.73. The summed E-state index contributed by atoms with van der Waals surface area (Å²) >= 11 is 0. The Morgan fingerprint density at radius 1 is 1.00 bits per heavy atom. The van der Waals surface area contributed by atoms with Crippen LogP contribution in [0.3, 0.4) is 0 Å². The van der Waals surface area contributed by atoms with E-state index >= 15 is 0 Å². The Morgan fingerprint density at radius 3 is 2.52 bits per heavy atom. The van der Waals surface area contributed by atoms with Crippen LogP contribution in [0.15, 0.2) is 42.5 Å². The average molecular weight is 426 g/mol. The smallest absolute Gasteiger partial charge is 0.258 e. The van der Waals surface area contributed by atoms with Gasteiger partial charge in [-0.1, -0.05) is 25.0 Å². The molecule has 1 saturated carbocycles. The van der Waals surface area contributed by atoms with E-state index in [1.54, 1.807) is 33.5 Å². The minimum absolute atomic E-state index is 0.0744. The number of likely N-dealkylation sites (tertiary alicyclic amines) is 1. The summed E-state index contributed by atoms with van der Waals surface area (Å²) in [5.41, 5.74) is 0.613. The number of rotatable bonds is 5. The molecule has 31 heavy (non-hydrogen) atoms. The van der Waals surface area contributed by atoms with E-state index in [0.29, 0.717) is 35.8 Å². The molecule has 0 aromatic heterocycles. The SMILES string of the molecule is COc1ccc(OC)c([C@H]2[C@H]3CCCC[C@@]3(O)CCN2C(=O)c2ccccc2OC)c1. The van der Waals surface area contributed by atoms with Gasteiger partial charge in [-0.3, -0.25) is 4.79 Å². The Morgan fingerprint density at radius 2 is 1.77 bits per heavy atom. The number of methoxy groups -OCH3 is 3. The van der Waals surface area contributed by atoms with Gasteiger partial charge in [-0.25, -0.2) is 0 Å². The summed E-state index contributed by atoms with van der Waals surface area (Å²) < 4.78 is 16.6. The number of fused-ring (bicyclic) bond motifs is 1. The van der Waals surface area contributed by atoms with Gasteiger partial charge in [-0.15, -0.1) is 0 Å². The summed E-state index contributed by atoms with van der Waals surface area (Å²) in [5, 5.41) is 11.5. The molecule has 0 unspecified atom stereocenters. The molecular weight excluding hydrogens is 394 g/mol. The van der Waals surface area contributed by atoms with Gasteiger partial charge >= 0.3 is 0 Å². The Bertz CT molecular complexity index is 945. The van der Waals surface area contributed by atoms with Gasteiger partial charge in [0.15, 0.2) is 0 Å². The fourth-order valence-electron chi connectivity index (χ4n) is 5.34. The standard InChI is InChI=1S/C25H31NO5/c1-29-17-11-12-22(31-3)19(16-17)23-20-9-6-7-13-25(20,28)14-15-26(23)24(27)18-8-4-5-10-21(18)30-2/h4-5,8,10-12,16,20,23,28H,6-7,9,13-15H2,1-3H3/t20-,23+,25-/m1/s1. The Labute approximate surface area is 183 Å². The molecule has 3 atom stereocenters. The van der Waals surface area contributed by atoms with Crippen molar-refractivity contribution in [2.45, 2.75) is 43.7 Å². The Balaban J connectivity index is 1.84. The summed E-state index contributed by atoms with van der Waals surface area (Å²) in [5.74, 6) is 1.77. The maximum absolute atomic E-state index is 13.8. The number of hydrogen-bond donors (Lipinski definition) is 1. The predicted molar refractivity (Wildman–Crippen MR) is 118 cm³/mol. The number of nitrogens with zero attached hydrogens (tertiary/aromatic N) is 1. The van der Waals surface area contributed by atoms with E-state index in [2.05, 4.69) is 0 Å². The van der Waals surface area contributed by atoms with Gasteiger partial charge in [0.25, 0.3) is 5.91 Å². The summed E-state index contributed by atoms with van der Waals surface area (Å²) in [6.07, 6.45) is 4.23. The number of ether oxygens (including phenoxy) is 3. The summed E-state index contributed by atoms with van der Waals surface area (Å²) in [4.78, 5) is 15.7. The van der Waals surface area contributed by atoms with E-state index in [4.69, 9.17) is 14.2 Å². The number of amides is 1. The maximum Gasteiger partial charge on any atom is 0.258 e. The molecule has 1 N–H and O–H groups in total. The first-order chi connectivity index (χ1) is 15.0. The van der Waals surface area contributed by atoms with Gasteiger partial charge < -0.3 is 24.2 Å². The highest BCUT2D eigenvalue weighted by molar-refractivity contribution is 5.97. The Kier molecular flexibility index (Phi) is 6.10. The highest BCUT2D eigenvalue weighted by Crippen LogP contribution is 2.51. The van der Waals surface area contributed by atoms with E-state index in [1.807, 2.05) is 35.2 Å². The van der Waals surface area contributed by atoms with Crippen LogP contribution in [0.5, 0.6) is 17.2 Å². The van der Waals surface area contributed by atoms with E-state index < -0.39 is 5.60 Å². The molecule has 0 spiro atoms. The second kappa shape index (κ2) is 8.79. The van der Waals surface area contributed by atoms with E-state index in [9.17, 15) is 9.90 Å². The van der Waals surface area contributed by atoms with Crippen molar-refractivity contribution in [3.8, 4) is 17.2 Å². The van der Waals surface area contributed by atoms with Crippen LogP contribution in [0.4, 0.5) is 0 Å². The fraction of sp³-hybridized carbons (Fsp3) is 0.480. The highest BCUT2D eigenvalue weighted by Gasteiger charge is 2.51. The van der Waals surface area contributed by atoms with Gasteiger partial charge in [0.05, 0.1) is 38.5 Å². The second-order valence-electron chi connectivity index (χ2n) is 8.46. The number of piperidine rings is 1. The lowest BCUT2D eigenvalue weighted by Gasteiger charge is -2.52. The second-order valence-corrected chi connectivity index (χ2v) is 8.46. The number of benzene rings is 2. The largest absolute Gasteiger partial charge is 0.497 e. The number of para-hydroxylation sites is 1. The minimum atomic E-state index is -0.783. The van der Waals surface area contributed by atoms with Crippen LogP contribution in [-0.4, -0.2) is 49.4 Å². The zero-order valence-corrected chi connectivity index (χ0v) is 18.5. The molecule has 1 aliphatic heterocycles. The van der Waals surface area contributed by atoms with Gasteiger partial charge in [0, 0.05) is 18.0 Å². The maximum atomic E-state index is 13.8. The van der Waals surface area contributed by atoms with Crippen molar-refractivity contribution >= 4 is 5.91 Å². The molecular formula is C25H31NO5. The van der Waals surface area contributed by atoms with Crippen LogP contribution >= 0.6 is 0 Å². The first kappa shape index (κ1) is 21.5. The molecule has 0 bridgehead atoms. The molecule has 2 fully saturated rings. The van der Waals surface area contributed by atoms with Crippen molar-refractivity contribution in [2.75, 3.05) is 27.9 Å². The molecule has 166 valence electrons. The summed E-state index contributed by atoms with van der Waals surface area (Å²) in [7, 11) is 4.83. The lowest BCUT2D eigenvalue weighted by atomic mass is 9.66. The highest BCUT2D eigenvalue weighted by atomic mass is 16.5. The lowest BCUT2D eigenvalue weighted by molar-refractivity contribution is -0.115. The van der Waals surface area contributed by atoms with Crippen LogP contribution in [0.2, 0.25) is 0 Å². The van der Waals surface area contributed by atoms with Gasteiger partial charge in [0.1, 0.15) is 17.2 Å². The quantitative estimate of drug-likeness (QED) is 0.777. The van der Waals surface area contributed by atoms with E-state index in [0.717, 1.165) is 31.2 Å². The van der Waals surface area contributed by atoms with Gasteiger partial charge in [-0.05, 0) is 49.6 Å². The molecule has 2 aliphatic rings. The number of carbonyl (C=O) groups excluding carboxylic acids is 1. The van der Waals surface area contributed by atoms with Gasteiger partial charge in [-0.2, -0.15) is 0 Å². The zero-order valence-electron chi connectivity index (χ0n) is 18.5. The molecule has 6 heteroatoms. The first-order valence-corrected chi connectivity index (χ1v) is 10.9. The summed E-state index contributed by atoms with van der Waals surface area (Å²) in [6, 6.07) is 12.6. The van der Waals surface area contributed by atoms with Crippen molar-refractivity contribution in [2.24, 2.45) is 5.92 Å². The normalized spacial score (nSPS) is 25.5. The van der Waals surface area contributed by atoms with Crippen molar-refractivity contribution in [1.82, 2.24) is 4.90 Å². The van der Waals surface area contributed by atoms with E-state index in [-0.39, 0.29) is 17.9 Å². The lowest BCUT2D eigenvalue weighted by Crippen LogP contribution is -2.56. The third kappa shape index (κ3) is 3.85. The first-order valence-electron chi connectivity index (χ1n) is 10.9. The molecule has 1 aliphatic carbocycles. The van der Waals surface area contributed by atoms with Crippen molar-refractivity contribution < 1.29 is 24.1 Å². The summed E-state index contributed by atoms with van der Waals surface area (Å²) in [6.45, 7) is 0.467. The van der Waals surface area contributed by atoms with E-state index in [1.165, 1.54) is 0 Å². The van der Waals surface area contributed by atoms with Crippen LogP contribution in [-0.2, 0) is 0 Å². The molecule has 1 heterocycles. The van der Waals surface area contributed by atoms with Crippen LogP contribution in [0.1, 0.15) is 54.1 Å². The molecule has 2 aromatic rings. The van der Waals surface area contributed by atoms with Crippen LogP contribution in [0, 0.1) is 5.92 Å². The number of aliphatic hydroxyl groups is 1. The third-order valence-corrected chi connectivity index (χ3v) is 6.92. The number of hydrogen-bond acceptors (Lipinski definition) is 5. The molecule has 1 saturated heterocycles. The molecule has 6 nitrogen and oxygen atoms in total. The zero-order chi connectivity index (χ0) is 22.0.